The van der Waals surface area contributed by atoms with Crippen molar-refractivity contribution < 1.29 is 28.0 Å². The van der Waals surface area contributed by atoms with Crippen LogP contribution in [0.15, 0.2) is 28.8 Å². The van der Waals surface area contributed by atoms with Gasteiger partial charge in [-0.3, -0.25) is 14.5 Å². The molecule has 0 spiro atoms. The number of nitrogens with zero attached hydrogens (tertiary/aromatic N) is 3. The number of amides is 3. The molecule has 1 saturated heterocycles. The van der Waals surface area contributed by atoms with Crippen molar-refractivity contribution in [2.75, 3.05) is 6.54 Å². The van der Waals surface area contributed by atoms with E-state index >= 15 is 0 Å². The first-order chi connectivity index (χ1) is 12.8. The lowest BCUT2D eigenvalue weighted by molar-refractivity contribution is -0.146. The summed E-state index contributed by atoms with van der Waals surface area (Å²) in [6.45, 7) is 2.83. The van der Waals surface area contributed by atoms with E-state index in [1.165, 1.54) is 24.3 Å². The molecule has 0 radical (unpaired) electrons. The smallest absolute Gasteiger partial charge is 0.325 e. The highest BCUT2D eigenvalue weighted by molar-refractivity contribution is 6.06. The Morgan fingerprint density at radius 3 is 2.63 bits per heavy atom. The van der Waals surface area contributed by atoms with Crippen LogP contribution in [0.2, 0.25) is 0 Å². The van der Waals surface area contributed by atoms with E-state index in [9.17, 15) is 18.8 Å². The van der Waals surface area contributed by atoms with E-state index in [1.54, 1.807) is 13.8 Å². The standard InChI is InChI=1S/C17H17FN4O5/c1-17(2)15(24)22(16(25)20-17)8-7-13(23)26-9-12-19-14(21-27-12)10-3-5-11(18)6-4-10/h3-6H,7-9H2,1-2H3,(H,20,25). The molecule has 1 aromatic carbocycles. The zero-order chi connectivity index (χ0) is 19.6. The van der Waals surface area contributed by atoms with Crippen molar-refractivity contribution in [2.24, 2.45) is 0 Å². The van der Waals surface area contributed by atoms with Crippen molar-refractivity contribution in [2.45, 2.75) is 32.4 Å². The van der Waals surface area contributed by atoms with Gasteiger partial charge in [0, 0.05) is 12.1 Å². The quantitative estimate of drug-likeness (QED) is 0.602. The number of benzene rings is 1. The molecule has 1 N–H and O–H groups in total. The largest absolute Gasteiger partial charge is 0.456 e. The predicted molar refractivity (Wildman–Crippen MR) is 88.4 cm³/mol. The Labute approximate surface area is 153 Å². The summed E-state index contributed by atoms with van der Waals surface area (Å²) in [7, 11) is 0. The number of esters is 1. The monoisotopic (exact) mass is 376 g/mol. The highest BCUT2D eigenvalue weighted by Gasteiger charge is 2.44. The molecule has 10 heteroatoms. The highest BCUT2D eigenvalue weighted by atomic mass is 19.1. The third-order valence-corrected chi connectivity index (χ3v) is 3.91. The lowest BCUT2D eigenvalue weighted by Crippen LogP contribution is -2.40. The lowest BCUT2D eigenvalue weighted by atomic mass is 10.1. The number of ether oxygens (including phenoxy) is 1. The van der Waals surface area contributed by atoms with Crippen LogP contribution in [0, 0.1) is 5.82 Å². The summed E-state index contributed by atoms with van der Waals surface area (Å²) in [4.78, 5) is 40.6. The Bertz CT molecular complexity index is 878. The summed E-state index contributed by atoms with van der Waals surface area (Å²) < 4.78 is 22.9. The third kappa shape index (κ3) is 4.10. The minimum Gasteiger partial charge on any atom is -0.456 e. The predicted octanol–water partition coefficient (Wildman–Crippen LogP) is 1.64. The zero-order valence-corrected chi connectivity index (χ0v) is 14.7. The Balaban J connectivity index is 1.49. The molecule has 3 amide bonds. The SMILES string of the molecule is CC1(C)NC(=O)N(CCC(=O)OCc2nc(-c3ccc(F)cc3)no2)C1=O. The van der Waals surface area contributed by atoms with Crippen molar-refractivity contribution in [3.05, 3.63) is 36.0 Å². The average molecular weight is 376 g/mol. The molecule has 0 aliphatic carbocycles. The molecule has 142 valence electrons. The van der Waals surface area contributed by atoms with Gasteiger partial charge in [0.25, 0.3) is 11.8 Å². The maximum absolute atomic E-state index is 12.9. The van der Waals surface area contributed by atoms with E-state index in [0.29, 0.717) is 5.56 Å². The number of hydrogen-bond acceptors (Lipinski definition) is 7. The van der Waals surface area contributed by atoms with E-state index in [1.807, 2.05) is 0 Å². The van der Waals surface area contributed by atoms with Crippen LogP contribution in [0.3, 0.4) is 0 Å². The first-order valence-corrected chi connectivity index (χ1v) is 8.14. The first-order valence-electron chi connectivity index (χ1n) is 8.14. The van der Waals surface area contributed by atoms with Gasteiger partial charge in [0.2, 0.25) is 5.82 Å². The van der Waals surface area contributed by atoms with Gasteiger partial charge < -0.3 is 14.6 Å². The Hall–Kier alpha value is -3.30. The number of carbonyl (C=O) groups is 3. The molecule has 9 nitrogen and oxygen atoms in total. The van der Waals surface area contributed by atoms with Crippen LogP contribution in [-0.2, 0) is 20.9 Å². The molecular formula is C17H17FN4O5. The second-order valence-corrected chi connectivity index (χ2v) is 6.44. The van der Waals surface area contributed by atoms with E-state index in [0.717, 1.165) is 4.90 Å². The Kier molecular flexibility index (Phi) is 4.89. The van der Waals surface area contributed by atoms with Crippen molar-refractivity contribution in [1.29, 1.82) is 0 Å². The van der Waals surface area contributed by atoms with Crippen LogP contribution < -0.4 is 5.32 Å². The number of carbonyl (C=O) groups excluding carboxylic acids is 3. The van der Waals surface area contributed by atoms with Gasteiger partial charge in [0.05, 0.1) is 6.42 Å². The average Bonchev–Trinajstić information content (AvgIpc) is 3.15. The molecule has 2 heterocycles. The maximum Gasteiger partial charge on any atom is 0.325 e. The van der Waals surface area contributed by atoms with Crippen LogP contribution in [-0.4, -0.2) is 45.0 Å². The van der Waals surface area contributed by atoms with E-state index in [2.05, 4.69) is 15.5 Å². The Morgan fingerprint density at radius 1 is 1.30 bits per heavy atom. The summed E-state index contributed by atoms with van der Waals surface area (Å²) >= 11 is 0. The maximum atomic E-state index is 12.9. The molecule has 0 saturated carbocycles. The molecule has 0 bridgehead atoms. The van der Waals surface area contributed by atoms with Gasteiger partial charge in [0.1, 0.15) is 11.4 Å². The van der Waals surface area contributed by atoms with Crippen molar-refractivity contribution >= 4 is 17.9 Å². The topological polar surface area (TPSA) is 115 Å². The van der Waals surface area contributed by atoms with Crippen LogP contribution in [0.4, 0.5) is 9.18 Å². The molecule has 1 aromatic heterocycles. The summed E-state index contributed by atoms with van der Waals surface area (Å²) in [6, 6.07) is 4.98. The molecule has 3 rings (SSSR count). The molecule has 1 aliphatic rings. The molecule has 0 unspecified atom stereocenters. The number of urea groups is 1. The summed E-state index contributed by atoms with van der Waals surface area (Å²) in [5, 5.41) is 6.26. The minimum absolute atomic E-state index is 0.0683. The van der Waals surface area contributed by atoms with Crippen LogP contribution in [0.5, 0.6) is 0 Å². The number of nitrogens with one attached hydrogen (secondary N) is 1. The lowest BCUT2D eigenvalue weighted by Gasteiger charge is -2.15. The van der Waals surface area contributed by atoms with Crippen LogP contribution in [0.25, 0.3) is 11.4 Å². The molecule has 1 fully saturated rings. The van der Waals surface area contributed by atoms with Crippen LogP contribution >= 0.6 is 0 Å². The number of rotatable bonds is 6. The van der Waals surface area contributed by atoms with Crippen molar-refractivity contribution in [3.63, 3.8) is 0 Å². The van der Waals surface area contributed by atoms with E-state index < -0.39 is 23.4 Å². The van der Waals surface area contributed by atoms with Gasteiger partial charge in [-0.05, 0) is 38.1 Å². The molecule has 1 aliphatic heterocycles. The second-order valence-electron chi connectivity index (χ2n) is 6.44. The zero-order valence-electron chi connectivity index (χ0n) is 14.7. The number of imide groups is 1. The normalized spacial score (nSPS) is 15.7. The van der Waals surface area contributed by atoms with Gasteiger partial charge >= 0.3 is 12.0 Å². The summed E-state index contributed by atoms with van der Waals surface area (Å²) in [5.74, 6) is -1.10. The van der Waals surface area contributed by atoms with Gasteiger partial charge in [-0.2, -0.15) is 4.98 Å². The Morgan fingerprint density at radius 2 is 2.00 bits per heavy atom. The number of halogens is 1. The van der Waals surface area contributed by atoms with Gasteiger partial charge in [-0.1, -0.05) is 5.16 Å². The fourth-order valence-corrected chi connectivity index (χ4v) is 2.47. The van der Waals surface area contributed by atoms with Gasteiger partial charge in [-0.15, -0.1) is 0 Å². The third-order valence-electron chi connectivity index (χ3n) is 3.91. The minimum atomic E-state index is -0.985. The molecular weight excluding hydrogens is 359 g/mol. The van der Waals surface area contributed by atoms with Crippen LogP contribution in [0.1, 0.15) is 26.2 Å². The molecule has 27 heavy (non-hydrogen) atoms. The number of aromatic nitrogens is 2. The van der Waals surface area contributed by atoms with Crippen molar-refractivity contribution in [3.8, 4) is 11.4 Å². The van der Waals surface area contributed by atoms with Gasteiger partial charge in [-0.25, -0.2) is 9.18 Å². The van der Waals surface area contributed by atoms with Gasteiger partial charge in [0.15, 0.2) is 6.61 Å². The fourth-order valence-electron chi connectivity index (χ4n) is 2.47. The van der Waals surface area contributed by atoms with E-state index in [4.69, 9.17) is 9.26 Å². The number of hydrogen-bond donors (Lipinski definition) is 1. The molecule has 2 aromatic rings. The fraction of sp³-hybridized carbons (Fsp3) is 0.353. The van der Waals surface area contributed by atoms with Crippen molar-refractivity contribution in [1.82, 2.24) is 20.4 Å². The first kappa shape index (κ1) is 18.5. The second kappa shape index (κ2) is 7.14. The highest BCUT2D eigenvalue weighted by Crippen LogP contribution is 2.18. The van der Waals surface area contributed by atoms with E-state index in [-0.39, 0.29) is 37.1 Å². The summed E-state index contributed by atoms with van der Waals surface area (Å²) in [6.07, 6.45) is -0.159. The summed E-state index contributed by atoms with van der Waals surface area (Å²) in [5.41, 5.74) is -0.430. The molecule has 0 atom stereocenters.